The molecular weight excluding hydrogens is 482 g/mol. The molecule has 1 atom stereocenters. The summed E-state index contributed by atoms with van der Waals surface area (Å²) in [6.07, 6.45) is 3.82. The van der Waals surface area contributed by atoms with Crippen molar-refractivity contribution < 1.29 is 9.90 Å². The van der Waals surface area contributed by atoms with Gasteiger partial charge in [0.15, 0.2) is 0 Å². The summed E-state index contributed by atoms with van der Waals surface area (Å²) < 4.78 is 4.85. The number of aliphatic hydroxyl groups is 1. The third kappa shape index (κ3) is 2.68. The van der Waals surface area contributed by atoms with E-state index >= 15 is 0 Å². The minimum atomic E-state index is -0.512. The second kappa shape index (κ2) is 6.68. The second-order valence-electron chi connectivity index (χ2n) is 6.89. The average molecular weight is 500 g/mol. The molecule has 2 aromatic carbocycles. The maximum atomic E-state index is 12.8. The number of Topliss-reactive ketones (excluding diaryl/α,β-unsaturated/α-hetero) is 1. The average Bonchev–Trinajstić information content (AvgIpc) is 3.21. The molecule has 0 fully saturated rings. The summed E-state index contributed by atoms with van der Waals surface area (Å²) in [5.41, 5.74) is 2.84. The fourth-order valence-electron chi connectivity index (χ4n) is 3.59. The number of fused-ring (bicyclic) bond motifs is 2. The Kier molecular flexibility index (Phi) is 4.26. The van der Waals surface area contributed by atoms with Crippen molar-refractivity contribution in [3.63, 3.8) is 0 Å². The number of carbonyl (C=O) groups is 1. The number of anilines is 2. The van der Waals surface area contributed by atoms with Gasteiger partial charge < -0.3 is 0 Å². The topological polar surface area (TPSA) is 43.8 Å². The predicted octanol–water partition coefficient (Wildman–Crippen LogP) is 1.64. The number of allylic oxidation sites excluding steroid dienone is 3. The molecule has 2 aromatic rings. The van der Waals surface area contributed by atoms with Crippen LogP contribution in [-0.2, 0) is 4.79 Å². The molecule has 140 valence electrons. The van der Waals surface area contributed by atoms with Gasteiger partial charge in [0.05, 0.1) is 0 Å². The van der Waals surface area contributed by atoms with Crippen LogP contribution in [0.15, 0.2) is 81.2 Å². The summed E-state index contributed by atoms with van der Waals surface area (Å²) in [6, 6.07) is 16.6. The molecule has 0 bridgehead atoms. The summed E-state index contributed by atoms with van der Waals surface area (Å²) in [6.45, 7) is 0. The van der Waals surface area contributed by atoms with Gasteiger partial charge in [0, 0.05) is 0 Å². The number of aliphatic hydroxyl groups excluding tert-OH is 1. The monoisotopic (exact) mass is 502 g/mol. The Balaban J connectivity index is 1.41. The number of hydrogen-bond donors (Lipinski definition) is 1. The maximum absolute atomic E-state index is 12.8. The molecule has 0 amide bonds. The molecule has 0 radical (unpaired) electrons. The van der Waals surface area contributed by atoms with Crippen LogP contribution < -0.4 is 18.7 Å². The molecule has 0 spiro atoms. The van der Waals surface area contributed by atoms with Gasteiger partial charge in [-0.2, -0.15) is 0 Å². The Labute approximate surface area is 176 Å². The van der Waals surface area contributed by atoms with E-state index in [9.17, 15) is 9.90 Å². The molecule has 1 aliphatic carbocycles. The fourth-order valence-corrected chi connectivity index (χ4v) is 8.23. The van der Waals surface area contributed by atoms with Crippen LogP contribution in [0.5, 0.6) is 0 Å². The van der Waals surface area contributed by atoms with Crippen molar-refractivity contribution in [3.05, 3.63) is 81.2 Å². The normalized spacial score (nSPS) is 23.5. The molecule has 0 aromatic heterocycles. The van der Waals surface area contributed by atoms with E-state index in [1.54, 1.807) is 0 Å². The van der Waals surface area contributed by atoms with E-state index in [0.29, 0.717) is 5.57 Å². The third-order valence-electron chi connectivity index (χ3n) is 5.24. The number of para-hydroxylation sites is 2. The van der Waals surface area contributed by atoms with E-state index in [4.69, 9.17) is 0 Å². The Morgan fingerprint density at radius 1 is 0.893 bits per heavy atom. The molecule has 0 saturated heterocycles. The van der Waals surface area contributed by atoms with Crippen LogP contribution in [0.2, 0.25) is 0 Å². The molecule has 4 nitrogen and oxygen atoms in total. The van der Waals surface area contributed by atoms with Gasteiger partial charge in [0.2, 0.25) is 0 Å². The summed E-state index contributed by atoms with van der Waals surface area (Å²) in [5.74, 6) is -0.301. The first-order valence-electron chi connectivity index (χ1n) is 8.96. The molecule has 2 heterocycles. The Bertz CT molecular complexity index is 1100. The fraction of sp³-hybridized carbons (Fsp3) is 0.136. The Morgan fingerprint density at radius 3 is 2.00 bits per heavy atom. The van der Waals surface area contributed by atoms with E-state index < -0.39 is 5.92 Å². The van der Waals surface area contributed by atoms with Crippen molar-refractivity contribution in [2.24, 2.45) is 5.92 Å². The Morgan fingerprint density at radius 2 is 1.43 bits per heavy atom. The second-order valence-corrected chi connectivity index (χ2v) is 11.3. The number of carbonyl (C=O) groups excluding carboxylic acids is 1. The summed E-state index contributed by atoms with van der Waals surface area (Å²) in [4.78, 5) is 17.0. The minimum absolute atomic E-state index is 0.0119. The van der Waals surface area contributed by atoms with Crippen LogP contribution in [0.3, 0.4) is 0 Å². The molecular formula is C22H18N2O2Se2. The van der Waals surface area contributed by atoms with E-state index in [2.05, 4.69) is 34.1 Å². The zero-order valence-electron chi connectivity index (χ0n) is 15.4. The first-order chi connectivity index (χ1) is 13.5. The number of nitrogens with zero attached hydrogens (tertiary/aromatic N) is 2. The number of ketones is 1. The van der Waals surface area contributed by atoms with E-state index in [1.807, 2.05) is 50.5 Å². The van der Waals surface area contributed by atoms with Crippen molar-refractivity contribution in [2.75, 3.05) is 23.9 Å². The standard InChI is InChI=1S/C22H18N2O2Se2/c1-23-15-7-3-5-9-17(15)27-19(23)11-13-21(25)14(22(13)26)12-20-24(2)16-8-4-6-10-18(16)28-20/h3-13,25H,1-2H3/b19-11-,20-12+. The van der Waals surface area contributed by atoms with Gasteiger partial charge in [-0.15, -0.1) is 0 Å². The molecule has 1 N–H and O–H groups in total. The molecule has 28 heavy (non-hydrogen) atoms. The first-order valence-corrected chi connectivity index (χ1v) is 12.4. The molecule has 0 saturated carbocycles. The Hall–Kier alpha value is -2.23. The van der Waals surface area contributed by atoms with Crippen LogP contribution in [0.25, 0.3) is 0 Å². The predicted molar refractivity (Wildman–Crippen MR) is 115 cm³/mol. The van der Waals surface area contributed by atoms with Gasteiger partial charge in [-0.1, -0.05) is 0 Å². The summed E-state index contributed by atoms with van der Waals surface area (Å²) in [5, 5.41) is 10.6. The van der Waals surface area contributed by atoms with Crippen LogP contribution in [0.4, 0.5) is 11.4 Å². The van der Waals surface area contributed by atoms with Crippen LogP contribution in [0, 0.1) is 5.92 Å². The summed E-state index contributed by atoms with van der Waals surface area (Å²) in [7, 11) is 4.05. The van der Waals surface area contributed by atoms with E-state index in [1.165, 1.54) is 20.3 Å². The first kappa shape index (κ1) is 17.8. The molecule has 6 heteroatoms. The van der Waals surface area contributed by atoms with E-state index in [-0.39, 0.29) is 41.5 Å². The van der Waals surface area contributed by atoms with Gasteiger partial charge in [0.25, 0.3) is 0 Å². The number of benzene rings is 2. The van der Waals surface area contributed by atoms with Crippen molar-refractivity contribution >= 4 is 56.0 Å². The molecule has 5 rings (SSSR count). The zero-order chi connectivity index (χ0) is 19.4. The zero-order valence-corrected chi connectivity index (χ0v) is 18.8. The molecule has 3 aliphatic rings. The van der Waals surface area contributed by atoms with Gasteiger partial charge in [-0.3, -0.25) is 0 Å². The van der Waals surface area contributed by atoms with Crippen molar-refractivity contribution in [1.82, 2.24) is 0 Å². The quantitative estimate of drug-likeness (QED) is 0.638. The van der Waals surface area contributed by atoms with Gasteiger partial charge in [-0.05, 0) is 0 Å². The van der Waals surface area contributed by atoms with Gasteiger partial charge >= 0.3 is 177 Å². The SMILES string of the molecule is CN1/C(=C/C2C(=O)C(/C=C3/[Se]c4ccccc4N3C)=C2O)[Se]c2ccccc21. The third-order valence-corrected chi connectivity index (χ3v) is 10.2. The van der Waals surface area contributed by atoms with Crippen LogP contribution in [0.1, 0.15) is 0 Å². The number of rotatable bonds is 2. The molecule has 2 aliphatic heterocycles. The van der Waals surface area contributed by atoms with Crippen LogP contribution in [-0.4, -0.2) is 54.9 Å². The van der Waals surface area contributed by atoms with Crippen molar-refractivity contribution in [1.29, 1.82) is 0 Å². The van der Waals surface area contributed by atoms with Gasteiger partial charge in [0.1, 0.15) is 0 Å². The molecule has 1 unspecified atom stereocenters. The van der Waals surface area contributed by atoms with Crippen molar-refractivity contribution in [3.8, 4) is 0 Å². The van der Waals surface area contributed by atoms with E-state index in [0.717, 1.165) is 9.19 Å². The van der Waals surface area contributed by atoms with Gasteiger partial charge in [-0.25, -0.2) is 0 Å². The number of hydrogen-bond acceptors (Lipinski definition) is 4. The van der Waals surface area contributed by atoms with Crippen LogP contribution >= 0.6 is 0 Å². The van der Waals surface area contributed by atoms with Crippen molar-refractivity contribution in [2.45, 2.75) is 0 Å². The summed E-state index contributed by atoms with van der Waals surface area (Å²) >= 11 is 0.315.